The summed E-state index contributed by atoms with van der Waals surface area (Å²) in [6.45, 7) is 8.35. The normalized spacial score (nSPS) is 13.2. The lowest BCUT2D eigenvalue weighted by atomic mass is 10.1. The third-order valence-corrected chi connectivity index (χ3v) is 7.08. The van der Waals surface area contributed by atoms with Crippen LogP contribution in [0.25, 0.3) is 22.2 Å². The van der Waals surface area contributed by atoms with Gasteiger partial charge < -0.3 is 4.90 Å². The summed E-state index contributed by atoms with van der Waals surface area (Å²) in [5.41, 5.74) is 3.98. The van der Waals surface area contributed by atoms with Crippen LogP contribution >= 0.6 is 11.8 Å². The lowest BCUT2D eigenvalue weighted by molar-refractivity contribution is 0.287. The molecule has 0 spiro atoms. The van der Waals surface area contributed by atoms with Crippen LogP contribution in [0.15, 0.2) is 40.4 Å². The molecule has 0 unspecified atom stereocenters. The highest BCUT2D eigenvalue weighted by Gasteiger charge is 2.26. The van der Waals surface area contributed by atoms with E-state index in [4.69, 9.17) is 5.10 Å². The zero-order valence-electron chi connectivity index (χ0n) is 16.8. The predicted octanol–water partition coefficient (Wildman–Crippen LogP) is 2.95. The minimum Gasteiger partial charge on any atom is -0.302 e. The molecule has 0 saturated carbocycles. The second-order valence-electron chi connectivity index (χ2n) is 7.10. The molecule has 0 fully saturated rings. The largest absolute Gasteiger partial charge is 0.302 e. The van der Waals surface area contributed by atoms with Crippen molar-refractivity contribution in [2.45, 2.75) is 36.9 Å². The van der Waals surface area contributed by atoms with Crippen molar-refractivity contribution in [2.24, 2.45) is 0 Å². The van der Waals surface area contributed by atoms with Gasteiger partial charge in [-0.2, -0.15) is 5.10 Å². The number of rotatable bonds is 8. The molecule has 1 aromatic carbocycles. The van der Waals surface area contributed by atoms with Gasteiger partial charge in [0.1, 0.15) is 10.7 Å². The first-order valence-corrected chi connectivity index (χ1v) is 12.4. The molecule has 0 atom stereocenters. The molecule has 29 heavy (non-hydrogen) atoms. The summed E-state index contributed by atoms with van der Waals surface area (Å²) < 4.78 is 27.9. The van der Waals surface area contributed by atoms with Crippen molar-refractivity contribution in [3.8, 4) is 11.3 Å². The van der Waals surface area contributed by atoms with Gasteiger partial charge in [0.25, 0.3) is 0 Å². The summed E-state index contributed by atoms with van der Waals surface area (Å²) in [5, 5.41) is 6.94. The Morgan fingerprint density at radius 2 is 2.00 bits per heavy atom. The molecule has 0 aliphatic carbocycles. The zero-order chi connectivity index (χ0) is 20.6. The van der Waals surface area contributed by atoms with Crippen LogP contribution in [0.2, 0.25) is 0 Å². The minimum atomic E-state index is -3.27. The monoisotopic (exact) mass is 431 g/mol. The summed E-state index contributed by atoms with van der Waals surface area (Å²) in [6, 6.07) is 8.03. The third-order valence-electron chi connectivity index (χ3n) is 5.23. The fraction of sp³-hybridized carbons (Fsp3) is 0.400. The molecule has 0 radical (unpaired) electrons. The van der Waals surface area contributed by atoms with E-state index in [9.17, 15) is 8.42 Å². The predicted molar refractivity (Wildman–Crippen MR) is 117 cm³/mol. The second kappa shape index (κ2) is 8.06. The standard InChI is InChI=1S/C20H25N5O2S2/c1-4-24(5-2)11-12-25-16-9-8-14(13-22-29(3,26)27)19-17(16)18(23-25)15-7-6-10-21-20(15)28-19/h6-10,22H,4-5,11-13H2,1-3H3. The maximum atomic E-state index is 11.6. The molecule has 4 rings (SSSR count). The lowest BCUT2D eigenvalue weighted by Crippen LogP contribution is -2.27. The van der Waals surface area contributed by atoms with Crippen molar-refractivity contribution in [3.63, 3.8) is 0 Å². The van der Waals surface area contributed by atoms with E-state index < -0.39 is 10.0 Å². The van der Waals surface area contributed by atoms with Gasteiger partial charge in [0.2, 0.25) is 10.0 Å². The summed E-state index contributed by atoms with van der Waals surface area (Å²) in [6.07, 6.45) is 2.96. The number of nitrogens with zero attached hydrogens (tertiary/aromatic N) is 4. The first kappa shape index (κ1) is 20.3. The van der Waals surface area contributed by atoms with Crippen molar-refractivity contribution < 1.29 is 8.42 Å². The second-order valence-corrected chi connectivity index (χ2v) is 9.93. The Bertz CT molecular complexity index is 1150. The maximum Gasteiger partial charge on any atom is 0.209 e. The molecule has 2 aromatic heterocycles. The van der Waals surface area contributed by atoms with Crippen LogP contribution in [0.3, 0.4) is 0 Å². The van der Waals surface area contributed by atoms with Crippen molar-refractivity contribution in [1.82, 2.24) is 24.4 Å². The van der Waals surface area contributed by atoms with Crippen LogP contribution in [0.4, 0.5) is 0 Å². The van der Waals surface area contributed by atoms with Gasteiger partial charge in [0.05, 0.1) is 18.3 Å². The quantitative estimate of drug-likeness (QED) is 0.462. The number of sulfonamides is 1. The first-order chi connectivity index (χ1) is 13.9. The van der Waals surface area contributed by atoms with Gasteiger partial charge in [0.15, 0.2) is 0 Å². The highest BCUT2D eigenvalue weighted by Crippen LogP contribution is 2.47. The van der Waals surface area contributed by atoms with Crippen LogP contribution in [-0.2, 0) is 23.1 Å². The SMILES string of the molecule is CCN(CC)CCn1nc2c3c(c(CNS(C)(=O)=O)ccc31)Sc1ncccc1-2. The number of hydrogen-bond donors (Lipinski definition) is 1. The minimum absolute atomic E-state index is 0.253. The van der Waals surface area contributed by atoms with Crippen molar-refractivity contribution >= 4 is 32.7 Å². The summed E-state index contributed by atoms with van der Waals surface area (Å²) in [4.78, 5) is 7.95. The van der Waals surface area contributed by atoms with Crippen molar-refractivity contribution in [1.29, 1.82) is 0 Å². The first-order valence-electron chi connectivity index (χ1n) is 9.74. The Hall–Kier alpha value is -1.94. The van der Waals surface area contributed by atoms with Crippen LogP contribution in [0.1, 0.15) is 19.4 Å². The molecule has 1 aliphatic rings. The van der Waals surface area contributed by atoms with Gasteiger partial charge in [-0.1, -0.05) is 31.7 Å². The average molecular weight is 432 g/mol. The summed E-state index contributed by atoms with van der Waals surface area (Å²) in [7, 11) is -3.27. The van der Waals surface area contributed by atoms with Crippen LogP contribution < -0.4 is 4.72 Å². The van der Waals surface area contributed by atoms with E-state index in [0.29, 0.717) is 0 Å². The third kappa shape index (κ3) is 4.05. The van der Waals surface area contributed by atoms with E-state index in [2.05, 4.69) is 45.3 Å². The van der Waals surface area contributed by atoms with E-state index in [1.807, 2.05) is 12.1 Å². The smallest absolute Gasteiger partial charge is 0.209 e. The molecular formula is C20H25N5O2S2. The number of hydrogen-bond acceptors (Lipinski definition) is 6. The van der Waals surface area contributed by atoms with Crippen LogP contribution in [0.5, 0.6) is 0 Å². The number of likely N-dealkylation sites (N-methyl/N-ethyl adjacent to an activating group) is 1. The Morgan fingerprint density at radius 1 is 1.21 bits per heavy atom. The van der Waals surface area contributed by atoms with Crippen LogP contribution in [-0.4, -0.2) is 54.0 Å². The highest BCUT2D eigenvalue weighted by molar-refractivity contribution is 7.99. The molecule has 7 nitrogen and oxygen atoms in total. The molecule has 3 heterocycles. The number of aromatic nitrogens is 3. The lowest BCUT2D eigenvalue weighted by Gasteiger charge is -2.18. The van der Waals surface area contributed by atoms with E-state index in [0.717, 1.165) is 63.8 Å². The van der Waals surface area contributed by atoms with Crippen molar-refractivity contribution in [3.05, 3.63) is 36.0 Å². The molecule has 0 amide bonds. The number of nitrogens with one attached hydrogen (secondary N) is 1. The van der Waals surface area contributed by atoms with E-state index in [-0.39, 0.29) is 6.54 Å². The Labute approximate surface area is 175 Å². The van der Waals surface area contributed by atoms with Gasteiger partial charge in [-0.15, -0.1) is 0 Å². The Balaban J connectivity index is 1.81. The fourth-order valence-corrected chi connectivity index (χ4v) is 5.21. The highest BCUT2D eigenvalue weighted by atomic mass is 32.2. The average Bonchev–Trinajstić information content (AvgIpc) is 3.07. The van der Waals surface area contributed by atoms with Gasteiger partial charge in [-0.05, 0) is 36.9 Å². The maximum absolute atomic E-state index is 11.6. The molecule has 9 heteroatoms. The van der Waals surface area contributed by atoms with Gasteiger partial charge in [0, 0.05) is 35.1 Å². The number of fused-ring (bicyclic) bond motifs is 2. The molecule has 1 aliphatic heterocycles. The molecule has 0 bridgehead atoms. The van der Waals surface area contributed by atoms with E-state index in [1.54, 1.807) is 18.0 Å². The topological polar surface area (TPSA) is 80.1 Å². The number of benzene rings is 1. The fourth-order valence-electron chi connectivity index (χ4n) is 3.63. The summed E-state index contributed by atoms with van der Waals surface area (Å²) >= 11 is 1.59. The van der Waals surface area contributed by atoms with E-state index >= 15 is 0 Å². The molecule has 1 N–H and O–H groups in total. The molecule has 0 saturated heterocycles. The van der Waals surface area contributed by atoms with Crippen molar-refractivity contribution in [2.75, 3.05) is 25.9 Å². The van der Waals surface area contributed by atoms with E-state index in [1.165, 1.54) is 6.26 Å². The zero-order valence-corrected chi connectivity index (χ0v) is 18.5. The van der Waals surface area contributed by atoms with Gasteiger partial charge in [-0.3, -0.25) is 4.68 Å². The molecule has 154 valence electrons. The van der Waals surface area contributed by atoms with Crippen LogP contribution in [0, 0.1) is 0 Å². The molecular weight excluding hydrogens is 406 g/mol. The molecule has 3 aromatic rings. The Morgan fingerprint density at radius 3 is 2.72 bits per heavy atom. The number of pyridine rings is 1. The van der Waals surface area contributed by atoms with Gasteiger partial charge >= 0.3 is 0 Å². The van der Waals surface area contributed by atoms with Gasteiger partial charge in [-0.25, -0.2) is 18.1 Å². The Kier molecular flexibility index (Phi) is 5.65. The summed E-state index contributed by atoms with van der Waals surface area (Å²) in [5.74, 6) is 0.